The Hall–Kier alpha value is -1.13. The molecule has 19 heavy (non-hydrogen) atoms. The van der Waals surface area contributed by atoms with Crippen molar-refractivity contribution in [3.8, 4) is 0 Å². The lowest BCUT2D eigenvalue weighted by Crippen LogP contribution is -2.26. The molecule has 0 aliphatic heterocycles. The minimum atomic E-state index is -0.0471. The SMILES string of the molecule is Cc1ccc(Br)c(C(=O)NC(C)c2ccc(C)s2)c1. The third-order valence-electron chi connectivity index (χ3n) is 2.90. The Labute approximate surface area is 126 Å². The lowest BCUT2D eigenvalue weighted by Gasteiger charge is -2.13. The smallest absolute Gasteiger partial charge is 0.252 e. The summed E-state index contributed by atoms with van der Waals surface area (Å²) in [6.07, 6.45) is 0. The Morgan fingerprint density at radius 3 is 2.63 bits per heavy atom. The molecule has 0 fully saturated rings. The van der Waals surface area contributed by atoms with Crippen molar-refractivity contribution < 1.29 is 4.79 Å². The first kappa shape index (κ1) is 14.3. The molecule has 1 aromatic heterocycles. The van der Waals surface area contributed by atoms with E-state index in [-0.39, 0.29) is 11.9 Å². The first-order valence-corrected chi connectivity index (χ1v) is 7.71. The van der Waals surface area contributed by atoms with Crippen LogP contribution in [0.5, 0.6) is 0 Å². The van der Waals surface area contributed by atoms with Gasteiger partial charge in [-0.05, 0) is 61.0 Å². The maximum atomic E-state index is 12.3. The van der Waals surface area contributed by atoms with Crippen molar-refractivity contribution in [1.29, 1.82) is 0 Å². The number of hydrogen-bond donors (Lipinski definition) is 1. The Bertz CT molecular complexity index is 606. The Kier molecular flexibility index (Phi) is 4.42. The first-order chi connectivity index (χ1) is 8.97. The number of carbonyl (C=O) groups is 1. The monoisotopic (exact) mass is 337 g/mol. The molecule has 0 saturated heterocycles. The molecule has 0 saturated carbocycles. The van der Waals surface area contributed by atoms with Gasteiger partial charge in [-0.25, -0.2) is 0 Å². The zero-order valence-corrected chi connectivity index (χ0v) is 13.6. The molecule has 0 radical (unpaired) electrons. The van der Waals surface area contributed by atoms with Crippen molar-refractivity contribution in [2.45, 2.75) is 26.8 Å². The van der Waals surface area contributed by atoms with Gasteiger partial charge >= 0.3 is 0 Å². The summed E-state index contributed by atoms with van der Waals surface area (Å²) in [5, 5.41) is 3.04. The molecule has 1 N–H and O–H groups in total. The third-order valence-corrected chi connectivity index (χ3v) is 4.78. The van der Waals surface area contributed by atoms with Gasteiger partial charge in [0, 0.05) is 14.2 Å². The highest BCUT2D eigenvalue weighted by molar-refractivity contribution is 9.10. The molecule has 1 heterocycles. The van der Waals surface area contributed by atoms with Gasteiger partial charge in [-0.2, -0.15) is 0 Å². The summed E-state index contributed by atoms with van der Waals surface area (Å²) in [7, 11) is 0. The van der Waals surface area contributed by atoms with Gasteiger partial charge in [-0.3, -0.25) is 4.79 Å². The molecule has 1 aromatic carbocycles. The fourth-order valence-electron chi connectivity index (χ4n) is 1.84. The normalized spacial score (nSPS) is 12.2. The van der Waals surface area contributed by atoms with Crippen molar-refractivity contribution in [3.05, 3.63) is 55.7 Å². The van der Waals surface area contributed by atoms with Gasteiger partial charge < -0.3 is 5.32 Å². The fraction of sp³-hybridized carbons (Fsp3) is 0.267. The largest absolute Gasteiger partial charge is 0.345 e. The van der Waals surface area contributed by atoms with Gasteiger partial charge in [0.1, 0.15) is 0 Å². The van der Waals surface area contributed by atoms with Crippen molar-refractivity contribution in [2.24, 2.45) is 0 Å². The number of thiophene rings is 1. The molecular formula is C15H16BrNOS. The molecule has 2 rings (SSSR count). The molecule has 1 unspecified atom stereocenters. The second-order valence-electron chi connectivity index (χ2n) is 4.63. The van der Waals surface area contributed by atoms with E-state index in [9.17, 15) is 4.79 Å². The van der Waals surface area contributed by atoms with E-state index in [4.69, 9.17) is 0 Å². The molecule has 4 heteroatoms. The van der Waals surface area contributed by atoms with Crippen LogP contribution in [0, 0.1) is 13.8 Å². The van der Waals surface area contributed by atoms with Crippen LogP contribution >= 0.6 is 27.3 Å². The summed E-state index contributed by atoms with van der Waals surface area (Å²) < 4.78 is 0.824. The summed E-state index contributed by atoms with van der Waals surface area (Å²) in [5.41, 5.74) is 1.76. The number of nitrogens with one attached hydrogen (secondary N) is 1. The van der Waals surface area contributed by atoms with Crippen LogP contribution in [0.4, 0.5) is 0 Å². The van der Waals surface area contributed by atoms with Gasteiger partial charge in [-0.15, -0.1) is 11.3 Å². The van der Waals surface area contributed by atoms with Crippen molar-refractivity contribution in [3.63, 3.8) is 0 Å². The second kappa shape index (κ2) is 5.88. The predicted molar refractivity (Wildman–Crippen MR) is 83.8 cm³/mol. The van der Waals surface area contributed by atoms with E-state index < -0.39 is 0 Å². The van der Waals surface area contributed by atoms with E-state index in [1.165, 1.54) is 9.75 Å². The third kappa shape index (κ3) is 3.45. The predicted octanol–water partition coefficient (Wildman–Crippen LogP) is 4.62. The molecule has 2 aromatic rings. The van der Waals surface area contributed by atoms with Crippen molar-refractivity contribution in [2.75, 3.05) is 0 Å². The van der Waals surface area contributed by atoms with Gasteiger partial charge in [0.2, 0.25) is 0 Å². The van der Waals surface area contributed by atoms with E-state index >= 15 is 0 Å². The van der Waals surface area contributed by atoms with E-state index in [0.29, 0.717) is 5.56 Å². The zero-order valence-electron chi connectivity index (χ0n) is 11.2. The summed E-state index contributed by atoms with van der Waals surface area (Å²) in [6.45, 7) is 6.06. The standard InChI is InChI=1S/C15H16BrNOS/c1-9-4-6-13(16)12(8-9)15(18)17-11(3)14-7-5-10(2)19-14/h4-8,11H,1-3H3,(H,17,18). The molecule has 2 nitrogen and oxygen atoms in total. The number of benzene rings is 1. The van der Waals surface area contributed by atoms with E-state index in [0.717, 1.165) is 10.0 Å². The van der Waals surface area contributed by atoms with Crippen LogP contribution < -0.4 is 5.32 Å². The average molecular weight is 338 g/mol. The molecule has 100 valence electrons. The molecule has 0 spiro atoms. The van der Waals surface area contributed by atoms with Crippen LogP contribution in [0.25, 0.3) is 0 Å². The molecule has 1 amide bonds. The Morgan fingerprint density at radius 1 is 1.26 bits per heavy atom. The van der Waals surface area contributed by atoms with E-state index in [1.807, 2.05) is 32.0 Å². The quantitative estimate of drug-likeness (QED) is 0.869. The minimum Gasteiger partial charge on any atom is -0.345 e. The highest BCUT2D eigenvalue weighted by atomic mass is 79.9. The average Bonchev–Trinajstić information content (AvgIpc) is 2.79. The van der Waals surface area contributed by atoms with Crippen molar-refractivity contribution >= 4 is 33.2 Å². The van der Waals surface area contributed by atoms with Crippen LogP contribution in [-0.4, -0.2) is 5.91 Å². The van der Waals surface area contributed by atoms with Crippen LogP contribution in [-0.2, 0) is 0 Å². The van der Waals surface area contributed by atoms with Crippen LogP contribution in [0.15, 0.2) is 34.8 Å². The number of rotatable bonds is 3. The highest BCUT2D eigenvalue weighted by Crippen LogP contribution is 2.24. The number of amides is 1. The summed E-state index contributed by atoms with van der Waals surface area (Å²) in [6, 6.07) is 9.95. The van der Waals surface area contributed by atoms with E-state index in [2.05, 4.69) is 40.3 Å². The molecule has 0 bridgehead atoms. The van der Waals surface area contributed by atoms with Gasteiger partial charge in [0.25, 0.3) is 5.91 Å². The molecular weight excluding hydrogens is 322 g/mol. The molecule has 0 aliphatic carbocycles. The topological polar surface area (TPSA) is 29.1 Å². The number of carbonyl (C=O) groups excluding carboxylic acids is 1. The fourth-order valence-corrected chi connectivity index (χ4v) is 3.15. The molecule has 1 atom stereocenters. The van der Waals surface area contributed by atoms with Crippen LogP contribution in [0.3, 0.4) is 0 Å². The Morgan fingerprint density at radius 2 is 2.00 bits per heavy atom. The highest BCUT2D eigenvalue weighted by Gasteiger charge is 2.15. The number of hydrogen-bond acceptors (Lipinski definition) is 2. The Balaban J connectivity index is 2.15. The maximum absolute atomic E-state index is 12.3. The zero-order chi connectivity index (χ0) is 14.0. The number of aryl methyl sites for hydroxylation is 2. The van der Waals surface area contributed by atoms with Gasteiger partial charge in [0.05, 0.1) is 11.6 Å². The van der Waals surface area contributed by atoms with E-state index in [1.54, 1.807) is 11.3 Å². The first-order valence-electron chi connectivity index (χ1n) is 6.10. The van der Waals surface area contributed by atoms with Crippen molar-refractivity contribution in [1.82, 2.24) is 5.32 Å². The lowest BCUT2D eigenvalue weighted by molar-refractivity contribution is 0.0939. The minimum absolute atomic E-state index is 0.0265. The summed E-state index contributed by atoms with van der Waals surface area (Å²) in [5.74, 6) is -0.0471. The van der Waals surface area contributed by atoms with Gasteiger partial charge in [0.15, 0.2) is 0 Å². The molecule has 0 aliphatic rings. The van der Waals surface area contributed by atoms with Gasteiger partial charge in [-0.1, -0.05) is 11.6 Å². The lowest BCUT2D eigenvalue weighted by atomic mass is 10.1. The van der Waals surface area contributed by atoms with Crippen LogP contribution in [0.2, 0.25) is 0 Å². The van der Waals surface area contributed by atoms with Crippen LogP contribution in [0.1, 0.15) is 38.6 Å². The summed E-state index contributed by atoms with van der Waals surface area (Å²) >= 11 is 5.14. The number of halogens is 1. The maximum Gasteiger partial charge on any atom is 0.252 e. The summed E-state index contributed by atoms with van der Waals surface area (Å²) in [4.78, 5) is 14.7. The second-order valence-corrected chi connectivity index (χ2v) is 6.80.